The molecule has 2 N–H and O–H groups in total. The Bertz CT molecular complexity index is 555. The van der Waals surface area contributed by atoms with Crippen LogP contribution < -0.4 is 5.32 Å². The number of aromatic amines is 1. The normalized spacial score (nSPS) is 25.0. The molecule has 1 unspecified atom stereocenters. The third kappa shape index (κ3) is 1.66. The third-order valence-electron chi connectivity index (χ3n) is 3.29. The Balaban J connectivity index is 1.82. The molecule has 98 valence electrons. The first-order chi connectivity index (χ1) is 8.59. The number of rotatable bonds is 2. The highest BCUT2D eigenvalue weighted by molar-refractivity contribution is 7.89. The minimum absolute atomic E-state index is 0.0797. The second-order valence-corrected chi connectivity index (χ2v) is 6.22. The van der Waals surface area contributed by atoms with Gasteiger partial charge in [0.15, 0.2) is 5.03 Å². The van der Waals surface area contributed by atoms with Crippen molar-refractivity contribution in [1.29, 1.82) is 0 Å². The van der Waals surface area contributed by atoms with Crippen LogP contribution in [0.15, 0.2) is 17.6 Å². The van der Waals surface area contributed by atoms with E-state index in [2.05, 4.69) is 15.3 Å². The molecule has 2 aliphatic rings. The minimum Gasteiger partial charge on any atom is -0.336 e. The van der Waals surface area contributed by atoms with Gasteiger partial charge in [-0.25, -0.2) is 18.2 Å². The molecule has 0 aromatic carbocycles. The summed E-state index contributed by atoms with van der Waals surface area (Å²) in [5.74, 6) is 0. The van der Waals surface area contributed by atoms with Crippen molar-refractivity contribution in [2.24, 2.45) is 0 Å². The number of piperazine rings is 1. The van der Waals surface area contributed by atoms with Crippen LogP contribution in [0.5, 0.6) is 0 Å². The van der Waals surface area contributed by atoms with Gasteiger partial charge < -0.3 is 15.2 Å². The minimum atomic E-state index is -3.53. The average Bonchev–Trinajstić information content (AvgIpc) is 2.99. The summed E-state index contributed by atoms with van der Waals surface area (Å²) in [6.07, 6.45) is 2.63. The Morgan fingerprint density at radius 2 is 2.22 bits per heavy atom. The van der Waals surface area contributed by atoms with Crippen molar-refractivity contribution in [3.05, 3.63) is 12.5 Å². The van der Waals surface area contributed by atoms with Crippen LogP contribution in [0, 0.1) is 0 Å². The fraction of sp³-hybridized carbons (Fsp3) is 0.556. The van der Waals surface area contributed by atoms with Crippen molar-refractivity contribution in [2.45, 2.75) is 11.1 Å². The monoisotopic (exact) mass is 271 g/mol. The number of urea groups is 1. The van der Waals surface area contributed by atoms with E-state index in [0.29, 0.717) is 26.2 Å². The summed E-state index contributed by atoms with van der Waals surface area (Å²) in [6.45, 7) is 1.54. The van der Waals surface area contributed by atoms with Crippen LogP contribution in [0.25, 0.3) is 0 Å². The van der Waals surface area contributed by atoms with Crippen molar-refractivity contribution in [1.82, 2.24) is 24.5 Å². The van der Waals surface area contributed by atoms with Crippen molar-refractivity contribution in [3.63, 3.8) is 0 Å². The van der Waals surface area contributed by atoms with E-state index in [1.165, 1.54) is 16.8 Å². The van der Waals surface area contributed by atoms with Crippen LogP contribution >= 0.6 is 0 Å². The van der Waals surface area contributed by atoms with Gasteiger partial charge in [-0.15, -0.1) is 0 Å². The molecule has 2 fully saturated rings. The molecule has 0 spiro atoms. The number of H-pyrrole nitrogens is 1. The van der Waals surface area contributed by atoms with Crippen LogP contribution in [-0.2, 0) is 10.0 Å². The summed E-state index contributed by atoms with van der Waals surface area (Å²) in [7, 11) is -3.53. The molecule has 3 heterocycles. The number of nitrogens with zero attached hydrogens (tertiary/aromatic N) is 3. The molecular formula is C9H13N5O3S. The van der Waals surface area contributed by atoms with E-state index in [1.807, 2.05) is 0 Å². The summed E-state index contributed by atoms with van der Waals surface area (Å²) in [6, 6.07) is -0.192. The van der Waals surface area contributed by atoms with E-state index < -0.39 is 10.0 Å². The van der Waals surface area contributed by atoms with Gasteiger partial charge in [0, 0.05) is 26.2 Å². The summed E-state index contributed by atoms with van der Waals surface area (Å²) >= 11 is 0. The topological polar surface area (TPSA) is 98.4 Å². The average molecular weight is 271 g/mol. The smallest absolute Gasteiger partial charge is 0.317 e. The van der Waals surface area contributed by atoms with Gasteiger partial charge in [0.25, 0.3) is 10.0 Å². The molecule has 2 saturated heterocycles. The van der Waals surface area contributed by atoms with E-state index in [-0.39, 0.29) is 17.1 Å². The molecule has 3 rings (SSSR count). The van der Waals surface area contributed by atoms with Crippen LogP contribution in [0.2, 0.25) is 0 Å². The van der Waals surface area contributed by atoms with Crippen molar-refractivity contribution in [3.8, 4) is 0 Å². The Labute approximate surface area is 104 Å². The zero-order valence-corrected chi connectivity index (χ0v) is 10.4. The Kier molecular flexibility index (Phi) is 2.52. The van der Waals surface area contributed by atoms with E-state index in [0.717, 1.165) is 0 Å². The number of nitrogens with one attached hydrogen (secondary N) is 2. The highest BCUT2D eigenvalue weighted by Gasteiger charge is 2.39. The first-order valence-electron chi connectivity index (χ1n) is 5.62. The summed E-state index contributed by atoms with van der Waals surface area (Å²) in [5, 5.41) is 2.80. The number of amides is 2. The fourth-order valence-corrected chi connectivity index (χ4v) is 3.68. The predicted molar refractivity (Wildman–Crippen MR) is 61.2 cm³/mol. The molecule has 18 heavy (non-hydrogen) atoms. The van der Waals surface area contributed by atoms with Crippen LogP contribution in [0.1, 0.15) is 0 Å². The summed E-state index contributed by atoms with van der Waals surface area (Å²) in [4.78, 5) is 19.4. The van der Waals surface area contributed by atoms with Crippen molar-refractivity contribution >= 4 is 16.1 Å². The third-order valence-corrected chi connectivity index (χ3v) is 5.08. The molecule has 1 aromatic heterocycles. The lowest BCUT2D eigenvalue weighted by Gasteiger charge is -2.35. The molecule has 8 nitrogen and oxygen atoms in total. The standard InChI is InChI=1S/C9H13N5O3S/c15-9-11-3-7-5-13(1-2-14(7)9)18(16,17)8-4-10-6-12-8/h4,6-7H,1-3,5H2,(H,10,12)(H,11,15). The van der Waals surface area contributed by atoms with Crippen LogP contribution in [0.3, 0.4) is 0 Å². The summed E-state index contributed by atoms with van der Waals surface area (Å²) in [5.41, 5.74) is 0. The summed E-state index contributed by atoms with van der Waals surface area (Å²) < 4.78 is 25.9. The second kappa shape index (κ2) is 3.95. The maximum atomic E-state index is 12.2. The number of sulfonamides is 1. The lowest BCUT2D eigenvalue weighted by atomic mass is 10.2. The molecule has 1 aromatic rings. The Morgan fingerprint density at radius 3 is 2.94 bits per heavy atom. The van der Waals surface area contributed by atoms with E-state index in [9.17, 15) is 13.2 Å². The van der Waals surface area contributed by atoms with Gasteiger partial charge in [-0.3, -0.25) is 0 Å². The fourth-order valence-electron chi connectivity index (χ4n) is 2.32. The Hall–Kier alpha value is -1.61. The van der Waals surface area contributed by atoms with Gasteiger partial charge >= 0.3 is 6.03 Å². The molecule has 0 saturated carbocycles. The number of aromatic nitrogens is 2. The molecule has 2 aliphatic heterocycles. The second-order valence-electron chi connectivity index (χ2n) is 4.31. The molecular weight excluding hydrogens is 258 g/mol. The maximum absolute atomic E-state index is 12.2. The number of imidazole rings is 1. The zero-order chi connectivity index (χ0) is 12.8. The van der Waals surface area contributed by atoms with Gasteiger partial charge in [0.05, 0.1) is 18.6 Å². The quantitative estimate of drug-likeness (QED) is 0.706. The Morgan fingerprint density at radius 1 is 1.39 bits per heavy atom. The highest BCUT2D eigenvalue weighted by Crippen LogP contribution is 2.20. The van der Waals surface area contributed by atoms with Crippen molar-refractivity contribution in [2.75, 3.05) is 26.2 Å². The molecule has 1 atom stereocenters. The van der Waals surface area contributed by atoms with Gasteiger partial charge in [0.1, 0.15) is 0 Å². The van der Waals surface area contributed by atoms with Crippen LogP contribution in [0.4, 0.5) is 4.79 Å². The number of hydrogen-bond donors (Lipinski definition) is 2. The van der Waals surface area contributed by atoms with Gasteiger partial charge in [-0.1, -0.05) is 0 Å². The number of fused-ring (bicyclic) bond motifs is 1. The van der Waals surface area contributed by atoms with E-state index in [1.54, 1.807) is 4.90 Å². The van der Waals surface area contributed by atoms with E-state index >= 15 is 0 Å². The molecule has 0 aliphatic carbocycles. The van der Waals surface area contributed by atoms with Gasteiger partial charge in [-0.05, 0) is 0 Å². The molecule has 9 heteroatoms. The molecule has 2 amide bonds. The van der Waals surface area contributed by atoms with Gasteiger partial charge in [0.2, 0.25) is 0 Å². The van der Waals surface area contributed by atoms with Crippen molar-refractivity contribution < 1.29 is 13.2 Å². The number of carbonyl (C=O) groups excluding carboxylic acids is 1. The first kappa shape index (κ1) is 11.5. The van der Waals surface area contributed by atoms with E-state index in [4.69, 9.17) is 0 Å². The SMILES string of the molecule is O=C1NCC2CN(S(=O)(=O)c3cnc[nH]3)CCN12. The predicted octanol–water partition coefficient (Wildman–Crippen LogP) is -1.19. The molecule has 0 radical (unpaired) electrons. The van der Waals surface area contributed by atoms with Crippen LogP contribution in [-0.4, -0.2) is 65.8 Å². The number of hydrogen-bond acceptors (Lipinski definition) is 4. The lowest BCUT2D eigenvalue weighted by Crippen LogP contribution is -2.53. The molecule has 0 bridgehead atoms. The highest BCUT2D eigenvalue weighted by atomic mass is 32.2. The number of carbonyl (C=O) groups is 1. The largest absolute Gasteiger partial charge is 0.336 e. The zero-order valence-electron chi connectivity index (χ0n) is 9.54. The lowest BCUT2D eigenvalue weighted by molar-refractivity contribution is 0.164. The first-order valence-corrected chi connectivity index (χ1v) is 7.06. The van der Waals surface area contributed by atoms with Gasteiger partial charge in [-0.2, -0.15) is 4.31 Å². The maximum Gasteiger partial charge on any atom is 0.317 e.